The number of hydrogen-bond acceptors (Lipinski definition) is 6. The van der Waals surface area contributed by atoms with Crippen LogP contribution >= 0.6 is 11.3 Å². The predicted octanol–water partition coefficient (Wildman–Crippen LogP) is 5.34. The van der Waals surface area contributed by atoms with Gasteiger partial charge in [0.1, 0.15) is 23.1 Å². The zero-order chi connectivity index (χ0) is 23.3. The van der Waals surface area contributed by atoms with Crippen molar-refractivity contribution in [3.8, 4) is 11.5 Å². The van der Waals surface area contributed by atoms with Crippen molar-refractivity contribution >= 4 is 21.4 Å². The van der Waals surface area contributed by atoms with E-state index in [4.69, 9.17) is 9.47 Å². The van der Waals surface area contributed by atoms with Gasteiger partial charge in [-0.25, -0.2) is 13.4 Å². The third-order valence-corrected chi connectivity index (χ3v) is 8.07. The Balaban J connectivity index is 1.75. The molecule has 0 aliphatic heterocycles. The zero-order valence-corrected chi connectivity index (χ0v) is 20.8. The molecule has 0 spiro atoms. The molecule has 0 aliphatic carbocycles. The Hall–Kier alpha value is -2.42. The van der Waals surface area contributed by atoms with Crippen LogP contribution < -0.4 is 9.47 Å². The Kier molecular flexibility index (Phi) is 7.92. The van der Waals surface area contributed by atoms with Crippen LogP contribution in [-0.4, -0.2) is 30.9 Å². The summed E-state index contributed by atoms with van der Waals surface area (Å²) in [7, 11) is -2.13. The fourth-order valence-electron chi connectivity index (χ4n) is 3.37. The van der Waals surface area contributed by atoms with E-state index in [1.165, 1.54) is 15.6 Å². The van der Waals surface area contributed by atoms with Gasteiger partial charge in [0.25, 0.3) is 0 Å². The normalized spacial score (nSPS) is 12.7. The Bertz CT molecular complexity index is 1120. The van der Waals surface area contributed by atoms with Crippen molar-refractivity contribution in [2.24, 2.45) is 0 Å². The maximum atomic E-state index is 13.4. The third kappa shape index (κ3) is 5.88. The topological polar surface area (TPSA) is 68.7 Å². The second-order valence-corrected chi connectivity index (χ2v) is 10.7. The molecule has 1 aromatic heterocycles. The molecule has 0 aliphatic rings. The van der Waals surface area contributed by atoms with Crippen molar-refractivity contribution in [1.29, 1.82) is 0 Å². The average Bonchev–Trinajstić information content (AvgIpc) is 3.22. The summed E-state index contributed by atoms with van der Waals surface area (Å²) in [5.41, 5.74) is 3.01. The van der Waals surface area contributed by atoms with Crippen LogP contribution in [0.4, 0.5) is 0 Å². The highest BCUT2D eigenvalue weighted by Gasteiger charge is 2.29. The molecule has 0 saturated heterocycles. The fraction of sp³-hybridized carbons (Fsp3) is 0.375. The second-order valence-electron chi connectivity index (χ2n) is 7.83. The number of thiazole rings is 1. The molecule has 0 radical (unpaired) electrons. The first kappa shape index (κ1) is 24.2. The summed E-state index contributed by atoms with van der Waals surface area (Å²) in [6, 6.07) is 12.4. The van der Waals surface area contributed by atoms with Crippen LogP contribution in [0.2, 0.25) is 0 Å². The summed E-state index contributed by atoms with van der Waals surface area (Å²) in [4.78, 5) is 4.87. The first-order valence-electron chi connectivity index (χ1n) is 10.5. The van der Waals surface area contributed by atoms with Gasteiger partial charge in [-0.1, -0.05) is 13.0 Å². The number of aromatic nitrogens is 1. The van der Waals surface area contributed by atoms with Crippen molar-refractivity contribution in [2.45, 2.75) is 58.2 Å². The molecule has 0 bridgehead atoms. The molecule has 172 valence electrons. The van der Waals surface area contributed by atoms with E-state index in [2.05, 4.69) is 11.1 Å². The molecule has 8 heteroatoms. The molecule has 0 N–H and O–H groups in total. The number of nitrogens with zero attached hydrogens (tertiary/aromatic N) is 2. The maximum absolute atomic E-state index is 13.4. The lowest BCUT2D eigenvalue weighted by Gasteiger charge is -2.27. The molecule has 0 saturated carbocycles. The minimum Gasteiger partial charge on any atom is -0.497 e. The van der Waals surface area contributed by atoms with Crippen molar-refractivity contribution in [3.63, 3.8) is 0 Å². The minimum absolute atomic E-state index is 0.168. The molecule has 0 fully saturated rings. The molecule has 6 nitrogen and oxygen atoms in total. The van der Waals surface area contributed by atoms with Gasteiger partial charge < -0.3 is 9.47 Å². The van der Waals surface area contributed by atoms with Crippen molar-refractivity contribution in [3.05, 3.63) is 69.7 Å². The largest absolute Gasteiger partial charge is 0.497 e. The number of benzene rings is 2. The number of aryl methyl sites for hydroxylation is 2. The van der Waals surface area contributed by atoms with Crippen LogP contribution in [0.15, 0.2) is 52.7 Å². The lowest BCUT2D eigenvalue weighted by Crippen LogP contribution is -2.37. The van der Waals surface area contributed by atoms with Gasteiger partial charge in [0, 0.05) is 11.4 Å². The molecule has 2 aromatic carbocycles. The highest BCUT2D eigenvalue weighted by Crippen LogP contribution is 2.25. The van der Waals surface area contributed by atoms with E-state index in [9.17, 15) is 8.42 Å². The number of sulfonamides is 1. The standard InChI is InChI=1S/C24H30N2O4S2/c1-6-19(4)26(32(27,28)23-9-7-21(29-5)8-10-23)14-20-16-31-24(25-20)15-30-22-12-17(2)11-18(3)13-22/h7-13,16,19H,6,14-15H2,1-5H3/t19-/m0/s1. The van der Waals surface area contributed by atoms with Gasteiger partial charge in [-0.05, 0) is 74.7 Å². The van der Waals surface area contributed by atoms with Crippen molar-refractivity contribution in [2.75, 3.05) is 7.11 Å². The second kappa shape index (κ2) is 10.5. The van der Waals surface area contributed by atoms with E-state index in [1.54, 1.807) is 31.4 Å². The van der Waals surface area contributed by atoms with E-state index < -0.39 is 10.0 Å². The first-order chi connectivity index (χ1) is 15.2. The zero-order valence-electron chi connectivity index (χ0n) is 19.2. The quantitative estimate of drug-likeness (QED) is 0.397. The van der Waals surface area contributed by atoms with Gasteiger partial charge in [-0.3, -0.25) is 0 Å². The lowest BCUT2D eigenvalue weighted by molar-refractivity contribution is 0.302. The summed E-state index contributed by atoms with van der Waals surface area (Å²) >= 11 is 1.48. The molecule has 3 rings (SSSR count). The van der Waals surface area contributed by atoms with Crippen LogP contribution in [-0.2, 0) is 23.2 Å². The molecule has 3 aromatic rings. The molecule has 1 heterocycles. The van der Waals surface area contributed by atoms with Crippen LogP contribution in [0.5, 0.6) is 11.5 Å². The smallest absolute Gasteiger partial charge is 0.243 e. The summed E-state index contributed by atoms with van der Waals surface area (Å²) in [6.07, 6.45) is 0.697. The van der Waals surface area contributed by atoms with E-state index >= 15 is 0 Å². The molecular formula is C24H30N2O4S2. The SMILES string of the molecule is CC[C@H](C)N(Cc1csc(COc2cc(C)cc(C)c2)n1)S(=O)(=O)c1ccc(OC)cc1. The van der Waals surface area contributed by atoms with E-state index in [0.717, 1.165) is 21.9 Å². The molecular weight excluding hydrogens is 444 g/mol. The molecule has 1 atom stereocenters. The van der Waals surface area contributed by atoms with Crippen molar-refractivity contribution < 1.29 is 17.9 Å². The highest BCUT2D eigenvalue weighted by atomic mass is 32.2. The first-order valence-corrected chi connectivity index (χ1v) is 12.8. The van der Waals surface area contributed by atoms with E-state index in [-0.39, 0.29) is 17.5 Å². The number of methoxy groups -OCH3 is 1. The van der Waals surface area contributed by atoms with Gasteiger partial charge in [0.05, 0.1) is 24.2 Å². The van der Waals surface area contributed by atoms with Gasteiger partial charge in [-0.15, -0.1) is 11.3 Å². The Morgan fingerprint density at radius 3 is 2.31 bits per heavy atom. The summed E-state index contributed by atoms with van der Waals surface area (Å²) in [5, 5.41) is 2.71. The van der Waals surface area contributed by atoms with Gasteiger partial charge in [0.15, 0.2) is 0 Å². The van der Waals surface area contributed by atoms with E-state index in [1.807, 2.05) is 45.2 Å². The van der Waals surface area contributed by atoms with Crippen molar-refractivity contribution in [1.82, 2.24) is 9.29 Å². The monoisotopic (exact) mass is 474 g/mol. The fourth-order valence-corrected chi connectivity index (χ4v) is 5.75. The molecule has 32 heavy (non-hydrogen) atoms. The van der Waals surface area contributed by atoms with Gasteiger partial charge in [0.2, 0.25) is 10.0 Å². The summed E-state index contributed by atoms with van der Waals surface area (Å²) < 4.78 is 39.3. The Morgan fingerprint density at radius 2 is 1.72 bits per heavy atom. The van der Waals surface area contributed by atoms with Crippen LogP contribution in [0.3, 0.4) is 0 Å². The summed E-state index contributed by atoms with van der Waals surface area (Å²) in [6.45, 7) is 8.52. The Morgan fingerprint density at radius 1 is 1.06 bits per heavy atom. The molecule has 0 amide bonds. The summed E-state index contributed by atoms with van der Waals surface area (Å²) in [5.74, 6) is 1.43. The third-order valence-electron chi connectivity index (χ3n) is 5.22. The van der Waals surface area contributed by atoms with Crippen LogP contribution in [0, 0.1) is 13.8 Å². The Labute approximate surface area is 194 Å². The highest BCUT2D eigenvalue weighted by molar-refractivity contribution is 7.89. The number of ether oxygens (including phenoxy) is 2. The minimum atomic E-state index is -3.68. The van der Waals surface area contributed by atoms with Gasteiger partial charge in [-0.2, -0.15) is 4.31 Å². The average molecular weight is 475 g/mol. The predicted molar refractivity (Wildman–Crippen MR) is 128 cm³/mol. The van der Waals surface area contributed by atoms with Crippen LogP contribution in [0.25, 0.3) is 0 Å². The molecule has 0 unspecified atom stereocenters. The van der Waals surface area contributed by atoms with E-state index in [0.29, 0.717) is 24.5 Å². The number of rotatable bonds is 10. The van der Waals surface area contributed by atoms with Gasteiger partial charge >= 0.3 is 0 Å². The lowest BCUT2D eigenvalue weighted by atomic mass is 10.1. The number of hydrogen-bond donors (Lipinski definition) is 0. The maximum Gasteiger partial charge on any atom is 0.243 e. The van der Waals surface area contributed by atoms with Crippen LogP contribution in [0.1, 0.15) is 42.1 Å².